The molecular formula is C33H24BrN. The van der Waals surface area contributed by atoms with E-state index in [1.54, 1.807) is 0 Å². The summed E-state index contributed by atoms with van der Waals surface area (Å²) >= 11 is 3.80. The van der Waals surface area contributed by atoms with E-state index in [9.17, 15) is 0 Å². The van der Waals surface area contributed by atoms with Crippen molar-refractivity contribution in [2.24, 2.45) is 0 Å². The molecule has 0 amide bonds. The first-order chi connectivity index (χ1) is 17.1. The van der Waals surface area contributed by atoms with Crippen LogP contribution < -0.4 is 5.32 Å². The van der Waals surface area contributed by atoms with Gasteiger partial charge in [-0.25, -0.2) is 0 Å². The van der Waals surface area contributed by atoms with Gasteiger partial charge in [-0.3, -0.25) is 0 Å². The molecule has 1 heterocycles. The normalized spacial score (nSPS) is 14.0. The van der Waals surface area contributed by atoms with Crippen molar-refractivity contribution in [3.8, 4) is 22.3 Å². The molecule has 5 aromatic carbocycles. The van der Waals surface area contributed by atoms with E-state index < -0.39 is 5.41 Å². The lowest BCUT2D eigenvalue weighted by Crippen LogP contribution is -2.33. The van der Waals surface area contributed by atoms with Crippen LogP contribution in [0.2, 0.25) is 0 Å². The number of halogens is 1. The van der Waals surface area contributed by atoms with E-state index in [4.69, 9.17) is 0 Å². The molecule has 2 aliphatic rings. The van der Waals surface area contributed by atoms with Crippen LogP contribution in [0.15, 0.2) is 108 Å². The second-order valence-corrected chi connectivity index (χ2v) is 10.7. The fraction of sp³-hybridized carbons (Fsp3) is 0.0909. The molecule has 0 fully saturated rings. The van der Waals surface area contributed by atoms with Gasteiger partial charge in [-0.2, -0.15) is 0 Å². The smallest absolute Gasteiger partial charge is 0.0754 e. The summed E-state index contributed by atoms with van der Waals surface area (Å²) in [6.07, 6.45) is 0. The minimum Gasteiger partial charge on any atom is -0.355 e. The van der Waals surface area contributed by atoms with Crippen molar-refractivity contribution in [1.29, 1.82) is 0 Å². The van der Waals surface area contributed by atoms with E-state index >= 15 is 0 Å². The lowest BCUT2D eigenvalue weighted by Gasteiger charge is -2.41. The average Bonchev–Trinajstić information content (AvgIpc) is 3.15. The Labute approximate surface area is 214 Å². The number of fused-ring (bicyclic) bond motifs is 9. The maximum absolute atomic E-state index is 3.80. The number of hydrogen-bond acceptors (Lipinski definition) is 1. The predicted octanol–water partition coefficient (Wildman–Crippen LogP) is 9.15. The lowest BCUT2D eigenvalue weighted by atomic mass is 9.64. The number of aryl methyl sites for hydroxylation is 2. The van der Waals surface area contributed by atoms with E-state index in [1.165, 1.54) is 67.0 Å². The lowest BCUT2D eigenvalue weighted by molar-refractivity contribution is 0.760. The Kier molecular flexibility index (Phi) is 4.40. The van der Waals surface area contributed by atoms with E-state index in [1.807, 2.05) is 0 Å². The first kappa shape index (κ1) is 20.7. The zero-order valence-corrected chi connectivity index (χ0v) is 21.3. The zero-order chi connectivity index (χ0) is 23.7. The summed E-state index contributed by atoms with van der Waals surface area (Å²) in [5.41, 5.74) is 14.9. The minimum absolute atomic E-state index is 0.396. The molecule has 0 atom stereocenters. The molecule has 0 saturated carbocycles. The molecule has 0 bridgehead atoms. The Morgan fingerprint density at radius 1 is 0.543 bits per heavy atom. The minimum atomic E-state index is -0.396. The van der Waals surface area contributed by atoms with Gasteiger partial charge in [0.1, 0.15) is 0 Å². The summed E-state index contributed by atoms with van der Waals surface area (Å²) in [6.45, 7) is 4.38. The van der Waals surface area contributed by atoms with E-state index in [0.29, 0.717) is 0 Å². The van der Waals surface area contributed by atoms with Gasteiger partial charge >= 0.3 is 0 Å². The molecule has 5 aromatic rings. The SMILES string of the molecule is Cc1ccc2c(c1)C1(c3cc(C)ccc3N2)c2cc(Br)ccc2-c2ccc(-c3ccccc3)cc21. The molecule has 7 rings (SSSR count). The Hall–Kier alpha value is -3.62. The first-order valence-corrected chi connectivity index (χ1v) is 12.8. The third kappa shape index (κ3) is 2.87. The van der Waals surface area contributed by atoms with Crippen LogP contribution in [-0.2, 0) is 5.41 Å². The van der Waals surface area contributed by atoms with Crippen LogP contribution in [-0.4, -0.2) is 0 Å². The summed E-state index contributed by atoms with van der Waals surface area (Å²) in [4.78, 5) is 0. The van der Waals surface area contributed by atoms with E-state index in [0.717, 1.165) is 4.47 Å². The van der Waals surface area contributed by atoms with Crippen LogP contribution in [0.4, 0.5) is 11.4 Å². The van der Waals surface area contributed by atoms with Crippen molar-refractivity contribution in [2.45, 2.75) is 19.3 Å². The molecular weight excluding hydrogens is 490 g/mol. The summed E-state index contributed by atoms with van der Waals surface area (Å²) in [7, 11) is 0. The van der Waals surface area contributed by atoms with Crippen molar-refractivity contribution < 1.29 is 0 Å². The zero-order valence-electron chi connectivity index (χ0n) is 19.7. The quantitative estimate of drug-likeness (QED) is 0.230. The molecule has 1 nitrogen and oxygen atoms in total. The molecule has 1 aliphatic carbocycles. The molecule has 2 heteroatoms. The molecule has 168 valence electrons. The summed E-state index contributed by atoms with van der Waals surface area (Å²) in [6, 6.07) is 38.2. The highest BCUT2D eigenvalue weighted by Crippen LogP contribution is 2.61. The molecule has 1 N–H and O–H groups in total. The van der Waals surface area contributed by atoms with Crippen LogP contribution in [0.3, 0.4) is 0 Å². The monoisotopic (exact) mass is 513 g/mol. The Morgan fingerprint density at radius 2 is 1.14 bits per heavy atom. The summed E-state index contributed by atoms with van der Waals surface area (Å²) in [5, 5.41) is 3.76. The van der Waals surface area contributed by atoms with Crippen molar-refractivity contribution in [1.82, 2.24) is 0 Å². The van der Waals surface area contributed by atoms with E-state index in [-0.39, 0.29) is 0 Å². The van der Waals surface area contributed by atoms with Gasteiger partial charge in [0.15, 0.2) is 0 Å². The van der Waals surface area contributed by atoms with Gasteiger partial charge < -0.3 is 5.32 Å². The molecule has 0 saturated heterocycles. The van der Waals surface area contributed by atoms with Crippen molar-refractivity contribution in [3.05, 3.63) is 141 Å². The van der Waals surface area contributed by atoms with Gasteiger partial charge in [0.25, 0.3) is 0 Å². The van der Waals surface area contributed by atoms with Gasteiger partial charge in [-0.1, -0.05) is 99.9 Å². The standard InChI is InChI=1S/C33H24BrN/c1-20-8-14-31-29(16-20)33(30-17-21(2)9-15-32(30)35-31)27-18-23(22-6-4-3-5-7-22)10-12-25(27)26-13-11-24(34)19-28(26)33/h3-19,35H,1-2H3. The van der Waals surface area contributed by atoms with Crippen molar-refractivity contribution >= 4 is 27.3 Å². The first-order valence-electron chi connectivity index (χ1n) is 12.1. The Morgan fingerprint density at radius 3 is 1.80 bits per heavy atom. The number of hydrogen-bond donors (Lipinski definition) is 1. The molecule has 0 unspecified atom stereocenters. The van der Waals surface area contributed by atoms with E-state index in [2.05, 4.69) is 138 Å². The predicted molar refractivity (Wildman–Crippen MR) is 150 cm³/mol. The number of anilines is 2. The van der Waals surface area contributed by atoms with Crippen molar-refractivity contribution in [2.75, 3.05) is 5.32 Å². The molecule has 1 aliphatic heterocycles. The van der Waals surface area contributed by atoms with Crippen molar-refractivity contribution in [3.63, 3.8) is 0 Å². The van der Waals surface area contributed by atoms with Crippen LogP contribution >= 0.6 is 15.9 Å². The molecule has 0 aromatic heterocycles. The van der Waals surface area contributed by atoms with Gasteiger partial charge in [-0.15, -0.1) is 0 Å². The molecule has 0 radical (unpaired) electrons. The Balaban J connectivity index is 1.67. The van der Waals surface area contributed by atoms with Gasteiger partial charge in [0, 0.05) is 15.8 Å². The van der Waals surface area contributed by atoms with Crippen LogP contribution in [0.5, 0.6) is 0 Å². The van der Waals surface area contributed by atoms with Crippen LogP contribution in [0.1, 0.15) is 33.4 Å². The largest absolute Gasteiger partial charge is 0.355 e. The maximum Gasteiger partial charge on any atom is 0.0754 e. The highest BCUT2D eigenvalue weighted by molar-refractivity contribution is 9.10. The summed E-state index contributed by atoms with van der Waals surface area (Å²) < 4.78 is 1.11. The number of nitrogens with one attached hydrogen (secondary N) is 1. The fourth-order valence-corrected chi connectivity index (χ4v) is 6.49. The van der Waals surface area contributed by atoms with Crippen LogP contribution in [0, 0.1) is 13.8 Å². The molecule has 1 spiro atoms. The third-order valence-electron chi connectivity index (χ3n) is 7.63. The fourth-order valence-electron chi connectivity index (χ4n) is 6.13. The Bertz CT molecular complexity index is 1600. The van der Waals surface area contributed by atoms with Gasteiger partial charge in [0.2, 0.25) is 0 Å². The second kappa shape index (κ2) is 7.44. The number of rotatable bonds is 1. The van der Waals surface area contributed by atoms with Gasteiger partial charge in [0.05, 0.1) is 5.41 Å². The molecule has 35 heavy (non-hydrogen) atoms. The second-order valence-electron chi connectivity index (χ2n) is 9.79. The maximum atomic E-state index is 3.80. The topological polar surface area (TPSA) is 12.0 Å². The summed E-state index contributed by atoms with van der Waals surface area (Å²) in [5.74, 6) is 0. The highest BCUT2D eigenvalue weighted by Gasteiger charge is 2.50. The third-order valence-corrected chi connectivity index (χ3v) is 8.13. The number of benzene rings is 5. The van der Waals surface area contributed by atoms with Gasteiger partial charge in [-0.05, 0) is 88.7 Å². The average molecular weight is 514 g/mol. The highest BCUT2D eigenvalue weighted by atomic mass is 79.9. The van der Waals surface area contributed by atoms with Crippen LogP contribution in [0.25, 0.3) is 22.3 Å².